The summed E-state index contributed by atoms with van der Waals surface area (Å²) in [6.45, 7) is 2.52. The molecule has 1 fully saturated rings. The standard InChI is InChI=1S/C31H54N7O18P3S/c1-4-5-6-7-8-19(39)9-10-22(41)60-14-13-33-21(40)11-12-34-29(44)26(43)31(2,3)16-53-59(50,51)56-58(48,49)52-15-20-25(55-57(45,46)47)24(42)30(54-20)38-18-37-23-27(32)35-17-36-28(23)38/h17-20,24-26,30,39,42-43H,4-16H2,1-3H3,(H,33,40)(H,34,44)(H,48,49)(H,50,51)(H2,32,35,36)(H2,45,46,47)/t19?,20-,24-,25-,26?,30-/m1/s1. The quantitative estimate of drug-likeness (QED) is 0.0437. The Bertz CT molecular complexity index is 1890. The molecule has 2 aromatic heterocycles. The number of imidazole rings is 1. The zero-order valence-corrected chi connectivity index (χ0v) is 36.5. The molecular weight excluding hydrogens is 883 g/mol. The Morgan fingerprint density at radius 1 is 0.983 bits per heavy atom. The van der Waals surface area contributed by atoms with Crippen LogP contribution in [0.3, 0.4) is 0 Å². The van der Waals surface area contributed by atoms with Gasteiger partial charge in [-0.2, -0.15) is 4.31 Å². The van der Waals surface area contributed by atoms with Crippen molar-refractivity contribution >= 4 is 69.1 Å². The van der Waals surface area contributed by atoms with Crippen LogP contribution in [0.25, 0.3) is 11.2 Å². The van der Waals surface area contributed by atoms with Gasteiger partial charge in [-0.15, -0.1) is 0 Å². The number of carbonyl (C=O) groups excluding carboxylic acids is 3. The molecule has 4 unspecified atom stereocenters. The number of aromatic nitrogens is 4. The molecule has 0 radical (unpaired) electrons. The normalized spacial score (nSPS) is 21.6. The number of aliphatic hydroxyl groups is 3. The van der Waals surface area contributed by atoms with Crippen molar-refractivity contribution in [3.63, 3.8) is 0 Å². The van der Waals surface area contributed by atoms with Crippen molar-refractivity contribution in [1.29, 1.82) is 0 Å². The van der Waals surface area contributed by atoms with Crippen LogP contribution in [0.15, 0.2) is 12.7 Å². The number of nitrogens with two attached hydrogens (primary N) is 1. The van der Waals surface area contributed by atoms with E-state index in [0.717, 1.165) is 54.7 Å². The van der Waals surface area contributed by atoms with Gasteiger partial charge >= 0.3 is 23.5 Å². The van der Waals surface area contributed by atoms with Gasteiger partial charge in [0.15, 0.2) is 22.8 Å². The largest absolute Gasteiger partial charge is 0.481 e. The summed E-state index contributed by atoms with van der Waals surface area (Å²) < 4.78 is 62.2. The molecule has 3 rings (SSSR count). The van der Waals surface area contributed by atoms with Crippen molar-refractivity contribution in [2.75, 3.05) is 37.8 Å². The maximum absolute atomic E-state index is 12.7. The van der Waals surface area contributed by atoms with E-state index in [9.17, 15) is 63.0 Å². The second kappa shape index (κ2) is 23.3. The molecule has 8 atom stereocenters. The Labute approximate surface area is 348 Å². The van der Waals surface area contributed by atoms with Gasteiger partial charge in [-0.3, -0.25) is 32.5 Å². The highest BCUT2D eigenvalue weighted by atomic mass is 32.2. The number of phosphoric acid groups is 3. The predicted octanol–water partition coefficient (Wildman–Crippen LogP) is 0.776. The Hall–Kier alpha value is -2.48. The molecule has 60 heavy (non-hydrogen) atoms. The molecule has 0 aliphatic carbocycles. The molecule has 0 spiro atoms. The number of nitrogens with one attached hydrogen (secondary N) is 2. The number of hydrogen-bond acceptors (Lipinski definition) is 19. The summed E-state index contributed by atoms with van der Waals surface area (Å²) >= 11 is 1.03. The fraction of sp³-hybridized carbons (Fsp3) is 0.742. The van der Waals surface area contributed by atoms with Gasteiger partial charge in [0, 0.05) is 37.1 Å². The highest BCUT2D eigenvalue weighted by Crippen LogP contribution is 2.61. The summed E-state index contributed by atoms with van der Waals surface area (Å²) in [5.41, 5.74) is 4.25. The Kier molecular flexibility index (Phi) is 20.1. The van der Waals surface area contributed by atoms with Gasteiger partial charge in [0.1, 0.15) is 36.3 Å². The minimum Gasteiger partial charge on any atom is -0.393 e. The maximum Gasteiger partial charge on any atom is 0.481 e. The highest BCUT2D eigenvalue weighted by molar-refractivity contribution is 8.13. The second-order valence-corrected chi connectivity index (χ2v) is 19.7. The molecule has 0 bridgehead atoms. The second-order valence-electron chi connectivity index (χ2n) is 14.3. The van der Waals surface area contributed by atoms with Crippen molar-refractivity contribution in [2.45, 2.75) is 109 Å². The topological polar surface area (TPSA) is 384 Å². The molecule has 342 valence electrons. The molecule has 0 aromatic carbocycles. The van der Waals surface area contributed by atoms with E-state index in [4.69, 9.17) is 19.5 Å². The summed E-state index contributed by atoms with van der Waals surface area (Å²) in [4.78, 5) is 87.9. The minimum atomic E-state index is -5.58. The first-order valence-electron chi connectivity index (χ1n) is 18.7. The monoisotopic (exact) mass is 937 g/mol. The summed E-state index contributed by atoms with van der Waals surface area (Å²) in [7, 11) is -16.4. The third-order valence-corrected chi connectivity index (χ3v) is 12.9. The molecule has 1 saturated heterocycles. The third kappa shape index (κ3) is 17.0. The van der Waals surface area contributed by atoms with Crippen LogP contribution < -0.4 is 16.4 Å². The van der Waals surface area contributed by atoms with Crippen molar-refractivity contribution in [2.24, 2.45) is 5.41 Å². The smallest absolute Gasteiger partial charge is 0.393 e. The average Bonchev–Trinajstić information content (AvgIpc) is 3.72. The van der Waals surface area contributed by atoms with E-state index >= 15 is 0 Å². The zero-order chi connectivity index (χ0) is 44.9. The first-order valence-corrected chi connectivity index (χ1v) is 24.2. The van der Waals surface area contributed by atoms with Gasteiger partial charge in [0.25, 0.3) is 0 Å². The minimum absolute atomic E-state index is 0.0276. The predicted molar refractivity (Wildman–Crippen MR) is 211 cm³/mol. The van der Waals surface area contributed by atoms with E-state index < -0.39 is 90.7 Å². The SMILES string of the molecule is CCCCCCC(O)CCC(=O)SCCNC(=O)CCNC(=O)C(O)C(C)(C)COP(=O)(O)OP(=O)(O)OC[C@H]1O[C@@H](n2cnc3c(N)ncnc32)[C@H](O)[C@@H]1OP(=O)(O)O. The number of carbonyl (C=O) groups is 3. The van der Waals surface area contributed by atoms with Crippen LogP contribution >= 0.6 is 35.2 Å². The molecule has 3 heterocycles. The number of unbranched alkanes of at least 4 members (excludes halogenated alkanes) is 3. The van der Waals surface area contributed by atoms with Gasteiger partial charge in [-0.1, -0.05) is 58.2 Å². The molecule has 2 amide bonds. The molecule has 1 aliphatic heterocycles. The van der Waals surface area contributed by atoms with Crippen molar-refractivity contribution in [3.05, 3.63) is 12.7 Å². The number of nitrogens with zero attached hydrogens (tertiary/aromatic N) is 4. The summed E-state index contributed by atoms with van der Waals surface area (Å²) in [6.07, 6.45) is -2.10. The number of ether oxygens (including phenoxy) is 1. The van der Waals surface area contributed by atoms with Crippen LogP contribution in [0.4, 0.5) is 5.82 Å². The van der Waals surface area contributed by atoms with Crippen LogP contribution in [0.5, 0.6) is 0 Å². The molecule has 0 saturated carbocycles. The average molecular weight is 938 g/mol. The van der Waals surface area contributed by atoms with Crippen molar-refractivity contribution in [1.82, 2.24) is 30.2 Å². The van der Waals surface area contributed by atoms with Crippen LogP contribution in [-0.4, -0.2) is 134 Å². The van der Waals surface area contributed by atoms with E-state index in [1.165, 1.54) is 13.8 Å². The van der Waals surface area contributed by atoms with Gasteiger partial charge in [-0.25, -0.2) is 28.6 Å². The van der Waals surface area contributed by atoms with Crippen LogP contribution in [0, 0.1) is 5.41 Å². The molecular formula is C31H54N7O18P3S. The van der Waals surface area contributed by atoms with Gasteiger partial charge in [0.2, 0.25) is 11.8 Å². The lowest BCUT2D eigenvalue weighted by molar-refractivity contribution is -0.137. The first kappa shape index (κ1) is 51.9. The third-order valence-electron chi connectivity index (χ3n) is 8.84. The van der Waals surface area contributed by atoms with Crippen molar-refractivity contribution < 1.29 is 85.6 Å². The Morgan fingerprint density at radius 2 is 1.68 bits per heavy atom. The lowest BCUT2D eigenvalue weighted by Gasteiger charge is -2.30. The number of amides is 2. The number of thioether (sulfide) groups is 1. The number of aliphatic hydroxyl groups excluding tert-OH is 3. The van der Waals surface area contributed by atoms with Crippen molar-refractivity contribution in [3.8, 4) is 0 Å². The lowest BCUT2D eigenvalue weighted by atomic mass is 9.87. The highest BCUT2D eigenvalue weighted by Gasteiger charge is 2.50. The maximum atomic E-state index is 12.7. The fourth-order valence-electron chi connectivity index (χ4n) is 5.60. The van der Waals surface area contributed by atoms with Gasteiger partial charge in [0.05, 0.1) is 25.6 Å². The van der Waals surface area contributed by atoms with E-state index in [-0.39, 0.29) is 48.0 Å². The van der Waals surface area contributed by atoms with Gasteiger partial charge < -0.3 is 56.0 Å². The summed E-state index contributed by atoms with van der Waals surface area (Å²) in [6, 6.07) is 0. The van der Waals surface area contributed by atoms with E-state index in [2.05, 4.69) is 41.3 Å². The number of anilines is 1. The fourth-order valence-corrected chi connectivity index (χ4v) is 9.13. The number of nitrogen functional groups attached to an aromatic ring is 1. The number of hydrogen-bond donors (Lipinski definition) is 10. The van der Waals surface area contributed by atoms with E-state index in [1.54, 1.807) is 0 Å². The number of rotatable bonds is 27. The molecule has 29 heteroatoms. The molecule has 25 nitrogen and oxygen atoms in total. The zero-order valence-electron chi connectivity index (χ0n) is 33.0. The molecule has 2 aromatic rings. The number of phosphoric ester groups is 3. The number of fused-ring (bicyclic) bond motifs is 1. The Balaban J connectivity index is 1.42. The molecule has 11 N–H and O–H groups in total. The van der Waals surface area contributed by atoms with Gasteiger partial charge in [-0.05, 0) is 12.8 Å². The van der Waals surface area contributed by atoms with Crippen LogP contribution in [0.2, 0.25) is 0 Å². The van der Waals surface area contributed by atoms with Crippen LogP contribution in [-0.2, 0) is 50.7 Å². The van der Waals surface area contributed by atoms with E-state index in [1.807, 2.05) is 0 Å². The first-order chi connectivity index (χ1) is 27.9. The Morgan fingerprint density at radius 3 is 2.37 bits per heavy atom. The van der Waals surface area contributed by atoms with E-state index in [0.29, 0.717) is 18.6 Å². The lowest BCUT2D eigenvalue weighted by Crippen LogP contribution is -2.46. The molecule has 1 aliphatic rings. The summed E-state index contributed by atoms with van der Waals surface area (Å²) in [5.74, 6) is -1.18. The summed E-state index contributed by atoms with van der Waals surface area (Å²) in [5, 5.41) is 36.3. The van der Waals surface area contributed by atoms with Crippen LogP contribution in [0.1, 0.15) is 78.4 Å².